The third kappa shape index (κ3) is 3.77. The minimum Gasteiger partial charge on any atom is -0.389 e. The molecule has 6 aromatic rings. The highest BCUT2D eigenvalue weighted by Gasteiger charge is 2.20. The van der Waals surface area contributed by atoms with Crippen molar-refractivity contribution in [3.05, 3.63) is 71.8 Å². The van der Waals surface area contributed by atoms with Gasteiger partial charge >= 0.3 is 5.69 Å². The molecule has 10 heteroatoms. The smallest absolute Gasteiger partial charge is 0.328 e. The Morgan fingerprint density at radius 1 is 0.919 bits per heavy atom. The molecule has 0 unspecified atom stereocenters. The molecule has 0 saturated heterocycles. The van der Waals surface area contributed by atoms with Gasteiger partial charge in [0.05, 0.1) is 52.9 Å². The zero-order valence-electron chi connectivity index (χ0n) is 21.4. The lowest BCUT2D eigenvalue weighted by atomic mass is 10.1. The van der Waals surface area contributed by atoms with Gasteiger partial charge in [0, 0.05) is 38.6 Å². The maximum atomic E-state index is 12.5. The fourth-order valence-corrected chi connectivity index (χ4v) is 4.90. The first-order valence-electron chi connectivity index (χ1n) is 12.0. The highest BCUT2D eigenvalue weighted by Crippen LogP contribution is 2.32. The summed E-state index contributed by atoms with van der Waals surface area (Å²) in [5, 5.41) is 14.6. The first-order valence-corrected chi connectivity index (χ1v) is 12.0. The Bertz CT molecular complexity index is 1860. The maximum absolute atomic E-state index is 12.5. The maximum Gasteiger partial charge on any atom is 0.328 e. The molecular formula is C27H28N8O2. The average Bonchev–Trinajstić information content (AvgIpc) is 3.61. The summed E-state index contributed by atoms with van der Waals surface area (Å²) in [7, 11) is 5.51. The summed E-state index contributed by atoms with van der Waals surface area (Å²) in [4.78, 5) is 21.9. The van der Waals surface area contributed by atoms with E-state index in [0.29, 0.717) is 6.54 Å². The number of hydrogen-bond acceptors (Lipinski definition) is 5. The molecule has 1 N–H and O–H groups in total. The standard InChI is InChI=1S/C27H28N8O2/c1-27(2,37)15-34-14-18(12-29-34)17-6-8-21-20(10-17)30-25(24-13-28-16-31(24)3)35(21)19-7-9-22-23(11-19)33(5)26(36)32(22)4/h6-14,16,37H,15H2,1-5H3. The van der Waals surface area contributed by atoms with E-state index in [1.807, 2.05) is 42.1 Å². The fourth-order valence-electron chi connectivity index (χ4n) is 4.90. The molecule has 0 saturated carbocycles. The third-order valence-electron chi connectivity index (χ3n) is 6.73. The van der Waals surface area contributed by atoms with E-state index < -0.39 is 5.60 Å². The molecule has 0 amide bonds. The number of aromatic nitrogens is 8. The van der Waals surface area contributed by atoms with Crippen LogP contribution in [0.1, 0.15) is 13.8 Å². The van der Waals surface area contributed by atoms with Crippen molar-refractivity contribution in [1.29, 1.82) is 0 Å². The lowest BCUT2D eigenvalue weighted by molar-refractivity contribution is 0.0577. The number of rotatable bonds is 5. The van der Waals surface area contributed by atoms with Gasteiger partial charge in [0.25, 0.3) is 0 Å². The molecule has 0 spiro atoms. The molecule has 10 nitrogen and oxygen atoms in total. The number of hydrogen-bond donors (Lipinski definition) is 1. The average molecular weight is 497 g/mol. The summed E-state index contributed by atoms with van der Waals surface area (Å²) >= 11 is 0. The molecule has 0 bridgehead atoms. The van der Waals surface area contributed by atoms with Crippen molar-refractivity contribution in [2.45, 2.75) is 26.0 Å². The van der Waals surface area contributed by atoms with Gasteiger partial charge in [-0.15, -0.1) is 0 Å². The Hall–Kier alpha value is -4.44. The molecule has 4 aromatic heterocycles. The van der Waals surface area contributed by atoms with Gasteiger partial charge in [-0.1, -0.05) is 6.07 Å². The topological polar surface area (TPSA) is 101 Å². The number of nitrogens with zero attached hydrogens (tertiary/aromatic N) is 8. The van der Waals surface area contributed by atoms with Crippen molar-refractivity contribution < 1.29 is 5.11 Å². The van der Waals surface area contributed by atoms with Crippen molar-refractivity contribution >= 4 is 22.1 Å². The second-order valence-corrected chi connectivity index (χ2v) is 10.2. The van der Waals surface area contributed by atoms with Gasteiger partial charge in [-0.05, 0) is 49.7 Å². The van der Waals surface area contributed by atoms with Crippen LogP contribution in [0.3, 0.4) is 0 Å². The van der Waals surface area contributed by atoms with Gasteiger partial charge in [0.2, 0.25) is 0 Å². The summed E-state index contributed by atoms with van der Waals surface area (Å²) in [5.41, 5.74) is 6.26. The van der Waals surface area contributed by atoms with Crippen LogP contribution in [-0.4, -0.2) is 48.7 Å². The number of aliphatic hydroxyl groups is 1. The summed E-state index contributed by atoms with van der Waals surface area (Å²) in [6.07, 6.45) is 7.29. The SMILES string of the molecule is Cn1cncc1-c1nc2cc(-c3cnn(CC(C)(C)O)c3)ccc2n1-c1ccc2c(c1)n(C)c(=O)n2C. The first-order chi connectivity index (χ1) is 17.6. The Balaban J connectivity index is 1.54. The zero-order valence-corrected chi connectivity index (χ0v) is 21.4. The number of benzene rings is 2. The van der Waals surface area contributed by atoms with Gasteiger partial charge in [-0.25, -0.2) is 14.8 Å². The van der Waals surface area contributed by atoms with E-state index in [-0.39, 0.29) is 5.69 Å². The minimum absolute atomic E-state index is 0.0655. The summed E-state index contributed by atoms with van der Waals surface area (Å²) in [5.74, 6) is 0.755. The number of fused-ring (bicyclic) bond motifs is 2. The van der Waals surface area contributed by atoms with Crippen molar-refractivity contribution in [2.24, 2.45) is 21.1 Å². The third-order valence-corrected chi connectivity index (χ3v) is 6.73. The first kappa shape index (κ1) is 23.0. The van der Waals surface area contributed by atoms with E-state index in [2.05, 4.69) is 26.8 Å². The van der Waals surface area contributed by atoms with E-state index >= 15 is 0 Å². The summed E-state index contributed by atoms with van der Waals surface area (Å²) in [6, 6.07) is 12.2. The normalized spacial score (nSPS) is 12.3. The molecule has 37 heavy (non-hydrogen) atoms. The van der Waals surface area contributed by atoms with Crippen LogP contribution in [0.2, 0.25) is 0 Å². The molecule has 6 rings (SSSR count). The van der Waals surface area contributed by atoms with Gasteiger partial charge < -0.3 is 9.67 Å². The molecule has 0 atom stereocenters. The van der Waals surface area contributed by atoms with Crippen LogP contribution < -0.4 is 5.69 Å². The Labute approximate surface area is 212 Å². The Morgan fingerprint density at radius 2 is 1.68 bits per heavy atom. The highest BCUT2D eigenvalue weighted by molar-refractivity contribution is 5.88. The van der Waals surface area contributed by atoms with E-state index in [4.69, 9.17) is 4.98 Å². The van der Waals surface area contributed by atoms with Gasteiger partial charge in [0.15, 0.2) is 5.82 Å². The monoisotopic (exact) mass is 496 g/mol. The van der Waals surface area contributed by atoms with Crippen LogP contribution in [-0.2, 0) is 27.7 Å². The predicted octanol–water partition coefficient (Wildman–Crippen LogP) is 3.25. The molecule has 2 aromatic carbocycles. The lowest BCUT2D eigenvalue weighted by Crippen LogP contribution is -2.26. The van der Waals surface area contributed by atoms with Gasteiger partial charge in [-0.2, -0.15) is 5.10 Å². The van der Waals surface area contributed by atoms with E-state index in [1.165, 1.54) is 0 Å². The summed E-state index contributed by atoms with van der Waals surface area (Å²) < 4.78 is 9.10. The fraction of sp³-hybridized carbons (Fsp3) is 0.259. The van der Waals surface area contributed by atoms with E-state index in [0.717, 1.165) is 50.4 Å². The molecule has 0 aliphatic carbocycles. The Morgan fingerprint density at radius 3 is 2.41 bits per heavy atom. The summed E-state index contributed by atoms with van der Waals surface area (Å²) in [6.45, 7) is 3.92. The van der Waals surface area contributed by atoms with Crippen LogP contribution in [0.15, 0.2) is 66.1 Å². The number of aryl methyl sites for hydroxylation is 3. The molecule has 4 heterocycles. The molecule has 0 aliphatic heterocycles. The zero-order chi connectivity index (χ0) is 26.1. The van der Waals surface area contributed by atoms with Crippen LogP contribution in [0.25, 0.3) is 50.4 Å². The molecule has 0 fully saturated rings. The quantitative estimate of drug-likeness (QED) is 0.395. The Kier molecular flexibility index (Phi) is 4.99. The van der Waals surface area contributed by atoms with Gasteiger partial charge in [0.1, 0.15) is 5.69 Å². The molecule has 0 aliphatic rings. The lowest BCUT2D eigenvalue weighted by Gasteiger charge is -2.16. The van der Waals surface area contributed by atoms with Crippen LogP contribution in [0.4, 0.5) is 0 Å². The van der Waals surface area contributed by atoms with E-state index in [1.54, 1.807) is 60.5 Å². The van der Waals surface area contributed by atoms with Crippen LogP contribution in [0.5, 0.6) is 0 Å². The minimum atomic E-state index is -0.854. The molecular weight excluding hydrogens is 468 g/mol. The predicted molar refractivity (Wildman–Crippen MR) is 143 cm³/mol. The van der Waals surface area contributed by atoms with Crippen molar-refractivity contribution in [1.82, 2.24) is 38.0 Å². The second kappa shape index (κ2) is 8.04. The van der Waals surface area contributed by atoms with Crippen molar-refractivity contribution in [3.8, 4) is 28.3 Å². The molecule has 188 valence electrons. The largest absolute Gasteiger partial charge is 0.389 e. The van der Waals surface area contributed by atoms with Crippen molar-refractivity contribution in [3.63, 3.8) is 0 Å². The highest BCUT2D eigenvalue weighted by atomic mass is 16.3. The van der Waals surface area contributed by atoms with E-state index in [9.17, 15) is 9.90 Å². The second-order valence-electron chi connectivity index (χ2n) is 10.2. The molecule has 0 radical (unpaired) electrons. The van der Waals surface area contributed by atoms with Crippen LogP contribution in [0, 0.1) is 0 Å². The van der Waals surface area contributed by atoms with Crippen molar-refractivity contribution in [2.75, 3.05) is 0 Å². The van der Waals surface area contributed by atoms with Gasteiger partial charge in [-0.3, -0.25) is 18.4 Å². The number of imidazole rings is 3. The van der Waals surface area contributed by atoms with Crippen LogP contribution >= 0.6 is 0 Å².